The van der Waals surface area contributed by atoms with Gasteiger partial charge in [-0.2, -0.15) is 9.61 Å². The maximum Gasteiger partial charge on any atom is 0.255 e. The number of hydrogen-bond donors (Lipinski definition) is 1. The number of amides is 1. The molecule has 1 N–H and O–H groups in total. The number of nitrogens with one attached hydrogen (secondary N) is 1. The number of pyridine rings is 1. The molecule has 5 rings (SSSR count). The lowest BCUT2D eigenvalue weighted by Gasteiger charge is -2.09. The Morgan fingerprint density at radius 1 is 0.943 bits per heavy atom. The molecule has 8 nitrogen and oxygen atoms in total. The average molecular weight is 465 g/mol. The van der Waals surface area contributed by atoms with Crippen molar-refractivity contribution < 1.29 is 9.53 Å². The quantitative estimate of drug-likeness (QED) is 0.314. The second kappa shape index (κ2) is 10.1. The van der Waals surface area contributed by atoms with E-state index in [1.807, 2.05) is 66.7 Å². The van der Waals surface area contributed by atoms with E-state index in [4.69, 9.17) is 9.84 Å². The van der Waals surface area contributed by atoms with Crippen molar-refractivity contribution in [2.45, 2.75) is 19.8 Å². The Labute approximate surface area is 202 Å². The molecule has 0 radical (unpaired) electrons. The maximum absolute atomic E-state index is 12.8. The Bertz CT molecular complexity index is 1450. The van der Waals surface area contributed by atoms with Crippen molar-refractivity contribution >= 4 is 17.2 Å². The predicted molar refractivity (Wildman–Crippen MR) is 134 cm³/mol. The highest BCUT2D eigenvalue weighted by atomic mass is 16.5. The van der Waals surface area contributed by atoms with Gasteiger partial charge in [0.2, 0.25) is 5.82 Å². The Hall–Kier alpha value is -4.59. The number of fused-ring (bicyclic) bond motifs is 1. The number of aromatic nitrogens is 5. The van der Waals surface area contributed by atoms with Gasteiger partial charge >= 0.3 is 0 Å². The van der Waals surface area contributed by atoms with E-state index in [0.717, 1.165) is 29.8 Å². The van der Waals surface area contributed by atoms with E-state index in [1.165, 1.54) is 0 Å². The highest BCUT2D eigenvalue weighted by Gasteiger charge is 2.12. The molecule has 0 unspecified atom stereocenters. The molecule has 0 aliphatic rings. The molecule has 0 fully saturated rings. The van der Waals surface area contributed by atoms with Gasteiger partial charge in [0.1, 0.15) is 11.4 Å². The van der Waals surface area contributed by atoms with Gasteiger partial charge in [-0.25, -0.2) is 0 Å². The third-order valence-electron chi connectivity index (χ3n) is 5.46. The molecule has 8 heteroatoms. The summed E-state index contributed by atoms with van der Waals surface area (Å²) in [7, 11) is 0. The van der Waals surface area contributed by atoms with Crippen LogP contribution in [-0.2, 0) is 0 Å². The van der Waals surface area contributed by atoms with Crippen LogP contribution in [0.5, 0.6) is 5.75 Å². The minimum absolute atomic E-state index is 0.193. The van der Waals surface area contributed by atoms with Crippen LogP contribution < -0.4 is 10.1 Å². The molecule has 0 aliphatic heterocycles. The van der Waals surface area contributed by atoms with Crippen LogP contribution in [0.25, 0.3) is 28.4 Å². The molecule has 0 saturated heterocycles. The lowest BCUT2D eigenvalue weighted by Crippen LogP contribution is -2.11. The van der Waals surface area contributed by atoms with Gasteiger partial charge in [0.15, 0.2) is 5.65 Å². The normalized spacial score (nSPS) is 10.9. The first-order chi connectivity index (χ1) is 17.2. The maximum atomic E-state index is 12.8. The van der Waals surface area contributed by atoms with Crippen molar-refractivity contribution in [3.05, 3.63) is 90.6 Å². The number of ether oxygens (including phenoxy) is 1. The van der Waals surface area contributed by atoms with Crippen molar-refractivity contribution in [1.82, 2.24) is 24.8 Å². The molecule has 0 spiro atoms. The zero-order valence-corrected chi connectivity index (χ0v) is 19.3. The summed E-state index contributed by atoms with van der Waals surface area (Å²) in [5, 5.41) is 16.1. The number of hydrogen-bond acceptors (Lipinski definition) is 6. The predicted octanol–water partition coefficient (Wildman–Crippen LogP) is 5.28. The van der Waals surface area contributed by atoms with Crippen LogP contribution in [0.4, 0.5) is 5.69 Å². The Balaban J connectivity index is 1.35. The van der Waals surface area contributed by atoms with Gasteiger partial charge in [-0.3, -0.25) is 9.78 Å². The van der Waals surface area contributed by atoms with Crippen molar-refractivity contribution in [3.8, 4) is 28.5 Å². The smallest absolute Gasteiger partial charge is 0.255 e. The SMILES string of the molecule is CCCCOc1ccc(C(=O)Nc2cccc(-c3ccc4nnc(-c5ccccn5)n4n3)c2)cc1. The number of rotatable bonds is 8. The zero-order valence-electron chi connectivity index (χ0n) is 19.3. The van der Waals surface area contributed by atoms with E-state index >= 15 is 0 Å². The molecule has 5 aromatic rings. The second-order valence-corrected chi connectivity index (χ2v) is 7.99. The van der Waals surface area contributed by atoms with Gasteiger partial charge in [0.25, 0.3) is 5.91 Å². The van der Waals surface area contributed by atoms with Gasteiger partial charge in [0, 0.05) is 23.0 Å². The third kappa shape index (κ3) is 5.01. The summed E-state index contributed by atoms with van der Waals surface area (Å²) in [5.74, 6) is 1.13. The summed E-state index contributed by atoms with van der Waals surface area (Å²) in [6.07, 6.45) is 3.79. The van der Waals surface area contributed by atoms with Gasteiger partial charge in [0.05, 0.1) is 12.3 Å². The van der Waals surface area contributed by atoms with E-state index < -0.39 is 0 Å². The topological polar surface area (TPSA) is 94.3 Å². The van der Waals surface area contributed by atoms with Crippen LogP contribution in [-0.4, -0.2) is 37.3 Å². The van der Waals surface area contributed by atoms with Crippen LogP contribution in [0.3, 0.4) is 0 Å². The van der Waals surface area contributed by atoms with Gasteiger partial charge in [-0.1, -0.05) is 31.5 Å². The molecule has 1 amide bonds. The number of unbranched alkanes of at least 4 members (excludes halogenated alkanes) is 1. The third-order valence-corrected chi connectivity index (χ3v) is 5.46. The fourth-order valence-corrected chi connectivity index (χ4v) is 3.59. The molecule has 3 heterocycles. The Kier molecular flexibility index (Phi) is 6.43. The van der Waals surface area contributed by atoms with Crippen LogP contribution >= 0.6 is 0 Å². The van der Waals surface area contributed by atoms with E-state index in [2.05, 4.69) is 27.4 Å². The number of carbonyl (C=O) groups is 1. The first-order valence-electron chi connectivity index (χ1n) is 11.5. The largest absolute Gasteiger partial charge is 0.494 e. The fraction of sp³-hybridized carbons (Fsp3) is 0.148. The lowest BCUT2D eigenvalue weighted by atomic mass is 10.1. The standard InChI is InChI=1S/C27H24N6O2/c1-2-3-17-35-22-12-10-19(11-13-22)27(34)29-21-8-6-7-20(18-21)23-14-15-25-30-31-26(33(25)32-23)24-9-4-5-16-28-24/h4-16,18H,2-3,17H2,1H3,(H,29,34). The van der Waals surface area contributed by atoms with Crippen molar-refractivity contribution in [3.63, 3.8) is 0 Å². The summed E-state index contributed by atoms with van der Waals surface area (Å²) >= 11 is 0. The minimum atomic E-state index is -0.193. The van der Waals surface area contributed by atoms with E-state index in [1.54, 1.807) is 22.8 Å². The second-order valence-electron chi connectivity index (χ2n) is 7.99. The molecular weight excluding hydrogens is 440 g/mol. The molecule has 2 aromatic carbocycles. The number of nitrogens with zero attached hydrogens (tertiary/aromatic N) is 5. The number of anilines is 1. The minimum Gasteiger partial charge on any atom is -0.494 e. The van der Waals surface area contributed by atoms with E-state index in [0.29, 0.717) is 35.0 Å². The molecule has 3 aromatic heterocycles. The zero-order chi connectivity index (χ0) is 24.0. The van der Waals surface area contributed by atoms with Crippen molar-refractivity contribution in [2.75, 3.05) is 11.9 Å². The summed E-state index contributed by atoms with van der Waals surface area (Å²) in [6, 6.07) is 24.1. The Morgan fingerprint density at radius 2 is 1.83 bits per heavy atom. The molecular formula is C27H24N6O2. The number of benzene rings is 2. The van der Waals surface area contributed by atoms with Crippen molar-refractivity contribution in [1.29, 1.82) is 0 Å². The highest BCUT2D eigenvalue weighted by molar-refractivity contribution is 6.04. The summed E-state index contributed by atoms with van der Waals surface area (Å²) in [5.41, 5.74) is 4.12. The first-order valence-corrected chi connectivity index (χ1v) is 11.5. The molecule has 0 saturated carbocycles. The highest BCUT2D eigenvalue weighted by Crippen LogP contribution is 2.23. The van der Waals surface area contributed by atoms with Crippen LogP contribution in [0.15, 0.2) is 85.1 Å². The summed E-state index contributed by atoms with van der Waals surface area (Å²) in [4.78, 5) is 17.1. The molecule has 35 heavy (non-hydrogen) atoms. The molecule has 0 atom stereocenters. The molecule has 174 valence electrons. The summed E-state index contributed by atoms with van der Waals surface area (Å²) in [6.45, 7) is 2.79. The van der Waals surface area contributed by atoms with Gasteiger partial charge in [-0.15, -0.1) is 10.2 Å². The molecule has 0 aliphatic carbocycles. The van der Waals surface area contributed by atoms with E-state index in [-0.39, 0.29) is 5.91 Å². The average Bonchev–Trinajstić information content (AvgIpc) is 3.33. The molecule has 0 bridgehead atoms. The first kappa shape index (κ1) is 22.2. The Morgan fingerprint density at radius 3 is 2.63 bits per heavy atom. The fourth-order valence-electron chi connectivity index (χ4n) is 3.59. The summed E-state index contributed by atoms with van der Waals surface area (Å²) < 4.78 is 7.35. The monoisotopic (exact) mass is 464 g/mol. The lowest BCUT2D eigenvalue weighted by molar-refractivity contribution is 0.102. The van der Waals surface area contributed by atoms with Gasteiger partial charge < -0.3 is 10.1 Å². The van der Waals surface area contributed by atoms with Crippen LogP contribution in [0, 0.1) is 0 Å². The van der Waals surface area contributed by atoms with Gasteiger partial charge in [-0.05, 0) is 67.1 Å². The number of carbonyl (C=O) groups excluding carboxylic acids is 1. The van der Waals surface area contributed by atoms with Crippen LogP contribution in [0.1, 0.15) is 30.1 Å². The van der Waals surface area contributed by atoms with Crippen LogP contribution in [0.2, 0.25) is 0 Å². The van der Waals surface area contributed by atoms with Crippen molar-refractivity contribution in [2.24, 2.45) is 0 Å². The van der Waals surface area contributed by atoms with E-state index in [9.17, 15) is 4.79 Å².